The van der Waals surface area contributed by atoms with E-state index >= 15 is 0 Å². The summed E-state index contributed by atoms with van der Waals surface area (Å²) in [6.07, 6.45) is 10.9. The average molecular weight is 313 g/mol. The first-order valence-corrected chi connectivity index (χ1v) is 8.98. The standard InChI is InChI=1S/C19H27N3O/c1-18(2,3)16-20-10-15(11-21-16)22-17(23)19-7-12-4-13(8-19)6-14(5-12)9-19/h10-14H,4-9H2,1-3H3,(H,22,23). The number of carbonyl (C=O) groups is 1. The summed E-state index contributed by atoms with van der Waals surface area (Å²) >= 11 is 0. The zero-order valence-corrected chi connectivity index (χ0v) is 14.4. The number of amides is 1. The van der Waals surface area contributed by atoms with E-state index in [0.29, 0.717) is 0 Å². The lowest BCUT2D eigenvalue weighted by molar-refractivity contribution is -0.140. The lowest BCUT2D eigenvalue weighted by Crippen LogP contribution is -2.51. The van der Waals surface area contributed by atoms with Gasteiger partial charge in [-0.3, -0.25) is 4.79 Å². The average Bonchev–Trinajstić information content (AvgIpc) is 2.45. The highest BCUT2D eigenvalue weighted by molar-refractivity contribution is 5.95. The highest BCUT2D eigenvalue weighted by Gasteiger charge is 2.54. The molecule has 4 bridgehead atoms. The Morgan fingerprint density at radius 3 is 1.96 bits per heavy atom. The molecule has 0 aliphatic heterocycles. The molecule has 0 radical (unpaired) electrons. The minimum absolute atomic E-state index is 0.0670. The lowest BCUT2D eigenvalue weighted by Gasteiger charge is -2.55. The summed E-state index contributed by atoms with van der Waals surface area (Å²) in [6, 6.07) is 0. The van der Waals surface area contributed by atoms with E-state index < -0.39 is 0 Å². The molecule has 1 amide bonds. The van der Waals surface area contributed by atoms with E-state index in [-0.39, 0.29) is 16.7 Å². The number of aromatic nitrogens is 2. The monoisotopic (exact) mass is 313 g/mol. The number of nitrogens with one attached hydrogen (secondary N) is 1. The third kappa shape index (κ3) is 2.66. The minimum Gasteiger partial charge on any atom is -0.323 e. The summed E-state index contributed by atoms with van der Waals surface area (Å²) < 4.78 is 0. The molecular formula is C19H27N3O. The Morgan fingerprint density at radius 2 is 1.52 bits per heavy atom. The molecule has 0 aromatic carbocycles. The third-order valence-electron chi connectivity index (χ3n) is 6.10. The molecule has 1 N–H and O–H groups in total. The second-order valence-electron chi connectivity index (χ2n) is 9.20. The second-order valence-corrected chi connectivity index (χ2v) is 9.20. The zero-order valence-electron chi connectivity index (χ0n) is 14.4. The van der Waals surface area contributed by atoms with Gasteiger partial charge >= 0.3 is 0 Å². The van der Waals surface area contributed by atoms with Gasteiger partial charge in [-0.15, -0.1) is 0 Å². The van der Waals surface area contributed by atoms with Crippen LogP contribution in [0, 0.1) is 23.2 Å². The van der Waals surface area contributed by atoms with E-state index in [0.717, 1.165) is 48.5 Å². The van der Waals surface area contributed by atoms with Crippen molar-refractivity contribution < 1.29 is 4.79 Å². The van der Waals surface area contributed by atoms with Crippen LogP contribution >= 0.6 is 0 Å². The van der Waals surface area contributed by atoms with Crippen molar-refractivity contribution in [3.05, 3.63) is 18.2 Å². The molecule has 5 rings (SSSR count). The molecule has 0 unspecified atom stereocenters. The summed E-state index contributed by atoms with van der Waals surface area (Å²) in [7, 11) is 0. The number of hydrogen-bond donors (Lipinski definition) is 1. The Labute approximate surface area is 138 Å². The van der Waals surface area contributed by atoms with Gasteiger partial charge in [-0.1, -0.05) is 20.8 Å². The van der Waals surface area contributed by atoms with Gasteiger partial charge in [0.1, 0.15) is 5.82 Å². The Hall–Kier alpha value is -1.45. The van der Waals surface area contributed by atoms with E-state index in [1.807, 2.05) is 0 Å². The van der Waals surface area contributed by atoms with Crippen LogP contribution in [0.5, 0.6) is 0 Å². The van der Waals surface area contributed by atoms with Crippen molar-refractivity contribution in [2.24, 2.45) is 23.2 Å². The first-order chi connectivity index (χ1) is 10.8. The SMILES string of the molecule is CC(C)(C)c1ncc(NC(=O)C23CC4CC(CC(C4)C2)C3)cn1. The van der Waals surface area contributed by atoms with Crippen molar-refractivity contribution in [2.45, 2.75) is 64.7 Å². The van der Waals surface area contributed by atoms with Crippen molar-refractivity contribution in [1.29, 1.82) is 0 Å². The molecule has 1 aromatic heterocycles. The fourth-order valence-corrected chi connectivity index (χ4v) is 5.43. The molecule has 1 aromatic rings. The number of carbonyl (C=O) groups excluding carboxylic acids is 1. The maximum Gasteiger partial charge on any atom is 0.230 e. The molecular weight excluding hydrogens is 286 g/mol. The topological polar surface area (TPSA) is 54.9 Å². The maximum absolute atomic E-state index is 13.0. The van der Waals surface area contributed by atoms with Crippen LogP contribution in [0.25, 0.3) is 0 Å². The van der Waals surface area contributed by atoms with Crippen LogP contribution in [0.15, 0.2) is 12.4 Å². The van der Waals surface area contributed by atoms with Gasteiger partial charge in [-0.25, -0.2) is 9.97 Å². The van der Waals surface area contributed by atoms with Crippen LogP contribution in [0.4, 0.5) is 5.69 Å². The quantitative estimate of drug-likeness (QED) is 0.900. The Morgan fingerprint density at radius 1 is 1.04 bits per heavy atom. The van der Waals surface area contributed by atoms with E-state index in [4.69, 9.17) is 0 Å². The number of nitrogens with zero attached hydrogens (tertiary/aromatic N) is 2. The second kappa shape index (κ2) is 5.02. The normalized spacial score (nSPS) is 35.3. The summed E-state index contributed by atoms with van der Waals surface area (Å²) in [4.78, 5) is 21.8. The molecule has 1 heterocycles. The van der Waals surface area contributed by atoms with Gasteiger partial charge in [0, 0.05) is 5.41 Å². The largest absolute Gasteiger partial charge is 0.323 e. The summed E-state index contributed by atoms with van der Waals surface area (Å²) in [6.45, 7) is 6.28. The van der Waals surface area contributed by atoms with Crippen LogP contribution in [-0.4, -0.2) is 15.9 Å². The van der Waals surface area contributed by atoms with E-state index in [9.17, 15) is 4.79 Å². The first kappa shape index (κ1) is 15.1. The van der Waals surface area contributed by atoms with Crippen LogP contribution in [0.2, 0.25) is 0 Å². The molecule has 4 fully saturated rings. The molecule has 4 nitrogen and oxygen atoms in total. The number of hydrogen-bond acceptors (Lipinski definition) is 3. The lowest BCUT2D eigenvalue weighted by atomic mass is 9.49. The Balaban J connectivity index is 1.50. The third-order valence-corrected chi connectivity index (χ3v) is 6.10. The molecule has 124 valence electrons. The number of rotatable bonds is 2. The van der Waals surface area contributed by atoms with Crippen molar-refractivity contribution in [1.82, 2.24) is 9.97 Å². The van der Waals surface area contributed by atoms with Gasteiger partial charge in [-0.2, -0.15) is 0 Å². The fraction of sp³-hybridized carbons (Fsp3) is 0.737. The van der Waals surface area contributed by atoms with E-state index in [2.05, 4.69) is 36.1 Å². The van der Waals surface area contributed by atoms with Crippen molar-refractivity contribution >= 4 is 11.6 Å². The first-order valence-electron chi connectivity index (χ1n) is 8.98. The van der Waals surface area contributed by atoms with Crippen LogP contribution in [0.1, 0.15) is 65.1 Å². The van der Waals surface area contributed by atoms with Gasteiger partial charge < -0.3 is 5.32 Å². The summed E-state index contributed by atoms with van der Waals surface area (Å²) in [5, 5.41) is 3.11. The highest BCUT2D eigenvalue weighted by Crippen LogP contribution is 2.60. The van der Waals surface area contributed by atoms with Gasteiger partial charge in [0.2, 0.25) is 5.91 Å². The van der Waals surface area contributed by atoms with Gasteiger partial charge in [0.25, 0.3) is 0 Å². The Kier molecular flexibility index (Phi) is 3.30. The molecule has 4 aliphatic rings. The molecule has 0 spiro atoms. The predicted molar refractivity (Wildman–Crippen MR) is 90.0 cm³/mol. The van der Waals surface area contributed by atoms with Gasteiger partial charge in [0.05, 0.1) is 23.5 Å². The van der Waals surface area contributed by atoms with E-state index in [1.54, 1.807) is 12.4 Å². The predicted octanol–water partition coefficient (Wildman–Crippen LogP) is 3.93. The molecule has 4 heteroatoms. The fourth-order valence-electron chi connectivity index (χ4n) is 5.43. The van der Waals surface area contributed by atoms with Gasteiger partial charge in [-0.05, 0) is 56.3 Å². The molecule has 23 heavy (non-hydrogen) atoms. The summed E-state index contributed by atoms with van der Waals surface area (Å²) in [5.74, 6) is 3.37. The van der Waals surface area contributed by atoms with Crippen molar-refractivity contribution in [2.75, 3.05) is 5.32 Å². The van der Waals surface area contributed by atoms with Crippen LogP contribution in [0.3, 0.4) is 0 Å². The molecule has 0 saturated heterocycles. The van der Waals surface area contributed by atoms with Crippen molar-refractivity contribution in [3.8, 4) is 0 Å². The molecule has 4 saturated carbocycles. The summed E-state index contributed by atoms with van der Waals surface area (Å²) in [5.41, 5.74) is 0.554. The smallest absolute Gasteiger partial charge is 0.230 e. The van der Waals surface area contributed by atoms with Crippen LogP contribution in [-0.2, 0) is 10.2 Å². The van der Waals surface area contributed by atoms with E-state index in [1.165, 1.54) is 19.3 Å². The molecule has 0 atom stereocenters. The minimum atomic E-state index is -0.114. The Bertz CT molecular complexity index is 579. The number of anilines is 1. The van der Waals surface area contributed by atoms with Crippen molar-refractivity contribution in [3.63, 3.8) is 0 Å². The van der Waals surface area contributed by atoms with Gasteiger partial charge in [0.15, 0.2) is 0 Å². The highest BCUT2D eigenvalue weighted by atomic mass is 16.2. The maximum atomic E-state index is 13.0. The molecule has 4 aliphatic carbocycles. The van der Waals surface area contributed by atoms with Crippen LogP contribution < -0.4 is 5.32 Å². The zero-order chi connectivity index (χ0) is 16.2.